The molecule has 6 nitrogen and oxygen atoms in total. The minimum Gasteiger partial charge on any atom is -0.344 e. The fourth-order valence-electron chi connectivity index (χ4n) is 1.80. The number of anilines is 1. The average Bonchev–Trinajstić information content (AvgIpc) is 2.77. The Morgan fingerprint density at radius 2 is 1.83 bits per heavy atom. The first-order valence-electron chi connectivity index (χ1n) is 5.91. The van der Waals surface area contributed by atoms with Crippen LogP contribution in [0.5, 0.6) is 0 Å². The van der Waals surface area contributed by atoms with Gasteiger partial charge in [0.05, 0.1) is 6.26 Å². The highest BCUT2D eigenvalue weighted by atomic mass is 32.2. The van der Waals surface area contributed by atoms with E-state index >= 15 is 0 Å². The topological polar surface area (TPSA) is 66.4 Å². The number of piperazine rings is 1. The van der Waals surface area contributed by atoms with Crippen LogP contribution in [0, 0.1) is 0 Å². The van der Waals surface area contributed by atoms with Crippen LogP contribution in [0.4, 0.5) is 5.13 Å². The fraction of sp³-hybridized carbons (Fsp3) is 0.800. The summed E-state index contributed by atoms with van der Waals surface area (Å²) in [6.07, 6.45) is 1.25. The number of nitrogens with zero attached hydrogens (tertiary/aromatic N) is 4. The number of hydrogen-bond acceptors (Lipinski definition) is 6. The first-order valence-corrected chi connectivity index (χ1v) is 8.54. The molecule has 0 unspecified atom stereocenters. The third-order valence-corrected chi connectivity index (χ3v) is 5.02. The van der Waals surface area contributed by atoms with E-state index in [1.54, 1.807) is 0 Å². The number of sulfonamides is 1. The SMILES string of the molecule is CC(C)c1nsc(N2CCN(S(C)(=O)=O)CC2)n1. The Labute approximate surface area is 112 Å². The highest BCUT2D eigenvalue weighted by Crippen LogP contribution is 2.22. The average molecular weight is 290 g/mol. The van der Waals surface area contributed by atoms with Gasteiger partial charge in [-0.3, -0.25) is 0 Å². The van der Waals surface area contributed by atoms with E-state index in [1.807, 2.05) is 0 Å². The lowest BCUT2D eigenvalue weighted by atomic mass is 10.2. The zero-order chi connectivity index (χ0) is 13.3. The van der Waals surface area contributed by atoms with Crippen molar-refractivity contribution < 1.29 is 8.42 Å². The summed E-state index contributed by atoms with van der Waals surface area (Å²) < 4.78 is 28.6. The van der Waals surface area contributed by atoms with Gasteiger partial charge in [0.2, 0.25) is 15.2 Å². The molecule has 2 heterocycles. The van der Waals surface area contributed by atoms with Crippen molar-refractivity contribution in [3.05, 3.63) is 5.82 Å². The lowest BCUT2D eigenvalue weighted by Gasteiger charge is -2.32. The van der Waals surface area contributed by atoms with Crippen molar-refractivity contribution in [3.63, 3.8) is 0 Å². The van der Waals surface area contributed by atoms with Gasteiger partial charge in [-0.15, -0.1) is 0 Å². The van der Waals surface area contributed by atoms with Gasteiger partial charge in [-0.1, -0.05) is 13.8 Å². The van der Waals surface area contributed by atoms with Crippen molar-refractivity contribution in [2.24, 2.45) is 0 Å². The van der Waals surface area contributed by atoms with Gasteiger partial charge in [0.15, 0.2) is 0 Å². The maximum absolute atomic E-state index is 11.4. The second-order valence-electron chi connectivity index (χ2n) is 4.74. The van der Waals surface area contributed by atoms with Gasteiger partial charge in [0, 0.05) is 43.6 Å². The van der Waals surface area contributed by atoms with Gasteiger partial charge in [-0.2, -0.15) is 8.68 Å². The molecule has 1 aromatic heterocycles. The van der Waals surface area contributed by atoms with Gasteiger partial charge in [-0.25, -0.2) is 13.4 Å². The van der Waals surface area contributed by atoms with E-state index in [2.05, 4.69) is 28.1 Å². The van der Waals surface area contributed by atoms with E-state index in [0.717, 1.165) is 11.0 Å². The minimum atomic E-state index is -3.07. The van der Waals surface area contributed by atoms with Crippen LogP contribution in [0.2, 0.25) is 0 Å². The number of rotatable bonds is 3. The molecule has 2 rings (SSSR count). The third kappa shape index (κ3) is 2.99. The molecule has 0 saturated carbocycles. The molecule has 1 aliphatic heterocycles. The zero-order valence-corrected chi connectivity index (χ0v) is 12.5. The van der Waals surface area contributed by atoms with Crippen molar-refractivity contribution in [2.45, 2.75) is 19.8 Å². The summed E-state index contributed by atoms with van der Waals surface area (Å²) in [7, 11) is -3.07. The van der Waals surface area contributed by atoms with Crippen molar-refractivity contribution in [1.29, 1.82) is 0 Å². The summed E-state index contributed by atoms with van der Waals surface area (Å²) in [5, 5.41) is 0.895. The standard InChI is InChI=1S/C10H18N4O2S2/c1-8(2)9-11-10(17-12-9)13-4-6-14(7-5-13)18(3,15)16/h8H,4-7H2,1-3H3. The Hall–Kier alpha value is -0.730. The summed E-state index contributed by atoms with van der Waals surface area (Å²) in [4.78, 5) is 6.59. The molecule has 0 radical (unpaired) electrons. The second kappa shape index (κ2) is 5.10. The molecular weight excluding hydrogens is 272 g/mol. The smallest absolute Gasteiger partial charge is 0.211 e. The highest BCUT2D eigenvalue weighted by Gasteiger charge is 2.25. The van der Waals surface area contributed by atoms with Gasteiger partial charge in [-0.05, 0) is 0 Å². The molecular formula is C10H18N4O2S2. The summed E-state index contributed by atoms with van der Waals surface area (Å²) in [5.74, 6) is 1.19. The zero-order valence-electron chi connectivity index (χ0n) is 10.8. The summed E-state index contributed by atoms with van der Waals surface area (Å²) in [5.41, 5.74) is 0. The van der Waals surface area contributed by atoms with Crippen LogP contribution in [-0.2, 0) is 10.0 Å². The molecule has 0 N–H and O–H groups in total. The van der Waals surface area contributed by atoms with E-state index < -0.39 is 10.0 Å². The van der Waals surface area contributed by atoms with Crippen LogP contribution < -0.4 is 4.90 Å². The molecule has 0 aromatic carbocycles. The second-order valence-corrected chi connectivity index (χ2v) is 7.45. The first kappa shape index (κ1) is 13.7. The number of hydrogen-bond donors (Lipinski definition) is 0. The summed E-state index contributed by atoms with van der Waals surface area (Å²) in [6, 6.07) is 0. The van der Waals surface area contributed by atoms with Crippen LogP contribution in [0.15, 0.2) is 0 Å². The quantitative estimate of drug-likeness (QED) is 0.821. The largest absolute Gasteiger partial charge is 0.344 e. The van der Waals surface area contributed by atoms with Crippen molar-refractivity contribution in [3.8, 4) is 0 Å². The van der Waals surface area contributed by atoms with Gasteiger partial charge in [0.25, 0.3) is 0 Å². The molecule has 0 amide bonds. The predicted molar refractivity (Wildman–Crippen MR) is 72.6 cm³/mol. The van der Waals surface area contributed by atoms with Crippen LogP contribution in [0.1, 0.15) is 25.6 Å². The Kier molecular flexibility index (Phi) is 3.88. The molecule has 0 spiro atoms. The van der Waals surface area contributed by atoms with Gasteiger partial charge in [0.1, 0.15) is 5.82 Å². The van der Waals surface area contributed by atoms with E-state index in [0.29, 0.717) is 32.1 Å². The molecule has 102 valence electrons. The molecule has 0 bridgehead atoms. The van der Waals surface area contributed by atoms with Crippen LogP contribution in [0.25, 0.3) is 0 Å². The third-order valence-electron chi connectivity index (χ3n) is 2.93. The normalized spacial score (nSPS) is 18.6. The Morgan fingerprint density at radius 1 is 1.22 bits per heavy atom. The van der Waals surface area contributed by atoms with E-state index in [-0.39, 0.29) is 0 Å². The van der Waals surface area contributed by atoms with Crippen LogP contribution in [-0.4, -0.2) is 54.5 Å². The molecule has 0 atom stereocenters. The Morgan fingerprint density at radius 3 is 2.28 bits per heavy atom. The van der Waals surface area contributed by atoms with Crippen LogP contribution >= 0.6 is 11.5 Å². The van der Waals surface area contributed by atoms with E-state index in [4.69, 9.17) is 0 Å². The van der Waals surface area contributed by atoms with E-state index in [1.165, 1.54) is 22.1 Å². The van der Waals surface area contributed by atoms with E-state index in [9.17, 15) is 8.42 Å². The van der Waals surface area contributed by atoms with Crippen molar-refractivity contribution in [1.82, 2.24) is 13.7 Å². The lowest BCUT2D eigenvalue weighted by Crippen LogP contribution is -2.48. The molecule has 8 heteroatoms. The molecule has 0 aliphatic carbocycles. The summed E-state index contributed by atoms with van der Waals surface area (Å²) >= 11 is 1.39. The van der Waals surface area contributed by atoms with Crippen molar-refractivity contribution >= 4 is 26.7 Å². The lowest BCUT2D eigenvalue weighted by molar-refractivity contribution is 0.388. The molecule has 1 fully saturated rings. The summed E-state index contributed by atoms with van der Waals surface area (Å²) in [6.45, 7) is 6.53. The Bertz CT molecular complexity index is 504. The van der Waals surface area contributed by atoms with Gasteiger partial charge < -0.3 is 4.90 Å². The Balaban J connectivity index is 2.01. The molecule has 1 aliphatic rings. The highest BCUT2D eigenvalue weighted by molar-refractivity contribution is 7.88. The first-order chi connectivity index (χ1) is 8.38. The van der Waals surface area contributed by atoms with Gasteiger partial charge >= 0.3 is 0 Å². The maximum atomic E-state index is 11.4. The molecule has 18 heavy (non-hydrogen) atoms. The minimum absolute atomic E-state index is 0.326. The van der Waals surface area contributed by atoms with Crippen LogP contribution in [0.3, 0.4) is 0 Å². The molecule has 1 aromatic rings. The van der Waals surface area contributed by atoms with Crippen molar-refractivity contribution in [2.75, 3.05) is 37.3 Å². The number of aromatic nitrogens is 2. The fourth-order valence-corrected chi connectivity index (χ4v) is 3.49. The predicted octanol–water partition coefficient (Wildman–Crippen LogP) is 0.743. The maximum Gasteiger partial charge on any atom is 0.211 e. The molecule has 1 saturated heterocycles. The monoisotopic (exact) mass is 290 g/mol.